The number of anilines is 1. The molecule has 0 radical (unpaired) electrons. The predicted molar refractivity (Wildman–Crippen MR) is 93.1 cm³/mol. The van der Waals surface area contributed by atoms with Crippen molar-refractivity contribution < 1.29 is 9.53 Å². The quantitative estimate of drug-likeness (QED) is 0.837. The Morgan fingerprint density at radius 1 is 1.48 bits per heavy atom. The maximum absolute atomic E-state index is 12.3. The Morgan fingerprint density at radius 2 is 2.22 bits per heavy atom. The van der Waals surface area contributed by atoms with E-state index in [0.29, 0.717) is 19.5 Å². The Hall–Kier alpha value is -1.74. The van der Waals surface area contributed by atoms with E-state index >= 15 is 0 Å². The molecule has 0 saturated carbocycles. The minimum Gasteiger partial charge on any atom is -0.444 e. The average Bonchev–Trinajstić information content (AvgIpc) is 2.46. The lowest BCUT2D eigenvalue weighted by molar-refractivity contribution is 0.0181. The molecule has 1 aliphatic rings. The molecule has 1 amide bonds. The number of carbonyl (C=O) groups excluding carboxylic acids is 1. The molecule has 5 nitrogen and oxygen atoms in total. The van der Waals surface area contributed by atoms with Crippen molar-refractivity contribution in [2.24, 2.45) is 0 Å². The van der Waals surface area contributed by atoms with Gasteiger partial charge in [-0.25, -0.2) is 4.79 Å². The molecule has 0 aliphatic carbocycles. The number of hydrogen-bond acceptors (Lipinski definition) is 4. The van der Waals surface area contributed by atoms with Gasteiger partial charge in [0.05, 0.1) is 12.6 Å². The van der Waals surface area contributed by atoms with Crippen LogP contribution in [0, 0.1) is 11.3 Å². The maximum atomic E-state index is 12.3. The molecule has 124 valence electrons. The molecule has 1 unspecified atom stereocenters. The molecule has 0 aromatic heterocycles. The summed E-state index contributed by atoms with van der Waals surface area (Å²) >= 11 is 3.43. The maximum Gasteiger partial charge on any atom is 0.410 e. The van der Waals surface area contributed by atoms with Crippen LogP contribution >= 0.6 is 15.9 Å². The van der Waals surface area contributed by atoms with Crippen molar-refractivity contribution >= 4 is 27.7 Å². The van der Waals surface area contributed by atoms with Crippen LogP contribution in [0.2, 0.25) is 0 Å². The summed E-state index contributed by atoms with van der Waals surface area (Å²) in [7, 11) is 0. The second-order valence-corrected chi connectivity index (χ2v) is 7.75. The zero-order valence-corrected chi connectivity index (χ0v) is 15.3. The summed E-state index contributed by atoms with van der Waals surface area (Å²) in [5.74, 6) is 0. The van der Waals surface area contributed by atoms with Crippen LogP contribution in [0.3, 0.4) is 0 Å². The molecule has 1 atom stereocenters. The van der Waals surface area contributed by atoms with Crippen molar-refractivity contribution in [1.82, 2.24) is 4.90 Å². The Balaban J connectivity index is 2.13. The number of nitrogens with zero attached hydrogens (tertiary/aromatic N) is 2. The number of nitrogens with one attached hydrogen (secondary N) is 1. The van der Waals surface area contributed by atoms with Gasteiger partial charge in [0.2, 0.25) is 0 Å². The van der Waals surface area contributed by atoms with Crippen LogP contribution < -0.4 is 5.32 Å². The van der Waals surface area contributed by atoms with Gasteiger partial charge in [0.1, 0.15) is 11.1 Å². The number of nitriles is 1. The lowest BCUT2D eigenvalue weighted by atomic mass is 9.90. The van der Waals surface area contributed by atoms with Crippen molar-refractivity contribution in [2.75, 3.05) is 18.4 Å². The number of hydrogen-bond donors (Lipinski definition) is 1. The largest absolute Gasteiger partial charge is 0.444 e. The zero-order valence-electron chi connectivity index (χ0n) is 13.7. The van der Waals surface area contributed by atoms with Gasteiger partial charge in [0.25, 0.3) is 0 Å². The summed E-state index contributed by atoms with van der Waals surface area (Å²) < 4.78 is 6.37. The van der Waals surface area contributed by atoms with E-state index in [1.807, 2.05) is 45.0 Å². The highest BCUT2D eigenvalue weighted by molar-refractivity contribution is 9.10. The van der Waals surface area contributed by atoms with Gasteiger partial charge in [-0.2, -0.15) is 5.26 Å². The van der Waals surface area contributed by atoms with Gasteiger partial charge in [0.15, 0.2) is 0 Å². The van der Waals surface area contributed by atoms with Crippen molar-refractivity contribution in [3.63, 3.8) is 0 Å². The van der Waals surface area contributed by atoms with Crippen LogP contribution in [0.5, 0.6) is 0 Å². The first-order valence-electron chi connectivity index (χ1n) is 7.66. The first-order valence-corrected chi connectivity index (χ1v) is 8.45. The van der Waals surface area contributed by atoms with Gasteiger partial charge in [-0.15, -0.1) is 0 Å². The summed E-state index contributed by atoms with van der Waals surface area (Å²) in [6.07, 6.45) is 1.08. The Bertz CT molecular complexity index is 621. The van der Waals surface area contributed by atoms with Crippen LogP contribution in [0.4, 0.5) is 10.5 Å². The van der Waals surface area contributed by atoms with Crippen molar-refractivity contribution in [1.29, 1.82) is 5.26 Å². The first-order chi connectivity index (χ1) is 10.7. The molecule has 1 heterocycles. The van der Waals surface area contributed by atoms with E-state index in [9.17, 15) is 10.1 Å². The highest BCUT2D eigenvalue weighted by Crippen LogP contribution is 2.28. The van der Waals surface area contributed by atoms with Gasteiger partial charge in [0, 0.05) is 16.7 Å². The van der Waals surface area contributed by atoms with E-state index in [0.717, 1.165) is 16.6 Å². The summed E-state index contributed by atoms with van der Waals surface area (Å²) in [5, 5.41) is 13.0. The number of carbonyl (C=O) groups is 1. The second kappa shape index (κ2) is 6.79. The first kappa shape index (κ1) is 17.6. The van der Waals surface area contributed by atoms with E-state index < -0.39 is 11.1 Å². The number of rotatable bonds is 2. The molecule has 1 aromatic carbocycles. The highest BCUT2D eigenvalue weighted by atomic mass is 79.9. The monoisotopic (exact) mass is 379 g/mol. The fraction of sp³-hybridized carbons (Fsp3) is 0.529. The molecule has 1 aliphatic heterocycles. The summed E-state index contributed by atoms with van der Waals surface area (Å²) in [5.41, 5.74) is -0.482. The van der Waals surface area contributed by atoms with Crippen LogP contribution in [0.1, 0.15) is 33.6 Å². The molecule has 23 heavy (non-hydrogen) atoms. The second-order valence-electron chi connectivity index (χ2n) is 6.83. The number of benzene rings is 1. The highest BCUT2D eigenvalue weighted by Gasteiger charge is 2.38. The SMILES string of the molecule is CC(C)(C)OC(=O)N1CCCC(C#N)(Nc2cccc(Br)c2)C1. The molecule has 2 rings (SSSR count). The van der Waals surface area contributed by atoms with E-state index in [-0.39, 0.29) is 6.09 Å². The third-order valence-electron chi connectivity index (χ3n) is 3.57. The molecular weight excluding hydrogens is 358 g/mol. The molecule has 1 fully saturated rings. The van der Waals surface area contributed by atoms with Gasteiger partial charge in [-0.3, -0.25) is 0 Å². The minimum absolute atomic E-state index is 0.310. The molecular formula is C17H22BrN3O2. The standard InChI is InChI=1S/C17H22BrN3O2/c1-16(2,3)23-15(22)21-9-5-8-17(11-19,12-21)20-14-7-4-6-13(18)10-14/h4,6-7,10,20H,5,8-9,12H2,1-3H3. The van der Waals surface area contributed by atoms with Crippen LogP contribution in [0.25, 0.3) is 0 Å². The van der Waals surface area contributed by atoms with E-state index in [1.165, 1.54) is 0 Å². The topological polar surface area (TPSA) is 65.4 Å². The molecule has 1 saturated heterocycles. The van der Waals surface area contributed by atoms with E-state index in [2.05, 4.69) is 27.3 Å². The Kier molecular flexibility index (Phi) is 5.20. The third-order valence-corrected chi connectivity index (χ3v) is 4.06. The summed E-state index contributed by atoms with van der Waals surface area (Å²) in [6.45, 7) is 6.44. The number of piperidine rings is 1. The fourth-order valence-electron chi connectivity index (χ4n) is 2.60. The van der Waals surface area contributed by atoms with E-state index in [4.69, 9.17) is 4.74 Å². The lowest BCUT2D eigenvalue weighted by Gasteiger charge is -2.39. The van der Waals surface area contributed by atoms with Gasteiger partial charge in [-0.1, -0.05) is 22.0 Å². The van der Waals surface area contributed by atoms with Crippen LogP contribution in [0.15, 0.2) is 28.7 Å². The lowest BCUT2D eigenvalue weighted by Crippen LogP contribution is -2.54. The molecule has 0 bridgehead atoms. The van der Waals surface area contributed by atoms with Crippen molar-refractivity contribution in [3.05, 3.63) is 28.7 Å². The molecule has 1 aromatic rings. The summed E-state index contributed by atoms with van der Waals surface area (Å²) in [6, 6.07) is 10.0. The number of amides is 1. The average molecular weight is 380 g/mol. The normalized spacial score (nSPS) is 21.4. The van der Waals surface area contributed by atoms with Crippen LogP contribution in [-0.4, -0.2) is 35.2 Å². The third kappa shape index (κ3) is 4.87. The number of likely N-dealkylation sites (tertiary alicyclic amines) is 1. The summed E-state index contributed by atoms with van der Waals surface area (Å²) in [4.78, 5) is 13.9. The van der Waals surface area contributed by atoms with Gasteiger partial charge < -0.3 is 15.0 Å². The zero-order chi connectivity index (χ0) is 17.1. The number of ether oxygens (including phenoxy) is 1. The van der Waals surface area contributed by atoms with Gasteiger partial charge >= 0.3 is 6.09 Å². The molecule has 6 heteroatoms. The van der Waals surface area contributed by atoms with Crippen molar-refractivity contribution in [2.45, 2.75) is 44.8 Å². The molecule has 0 spiro atoms. The fourth-order valence-corrected chi connectivity index (χ4v) is 3.00. The Morgan fingerprint density at radius 3 is 2.83 bits per heavy atom. The minimum atomic E-state index is -0.796. The smallest absolute Gasteiger partial charge is 0.410 e. The predicted octanol–water partition coefficient (Wildman–Crippen LogP) is 4.15. The number of halogens is 1. The van der Waals surface area contributed by atoms with Crippen LogP contribution in [-0.2, 0) is 4.74 Å². The Labute approximate surface area is 145 Å². The van der Waals surface area contributed by atoms with Crippen molar-refractivity contribution in [3.8, 4) is 6.07 Å². The van der Waals surface area contributed by atoms with E-state index in [1.54, 1.807) is 4.90 Å². The van der Waals surface area contributed by atoms with Gasteiger partial charge in [-0.05, 0) is 51.8 Å². The molecule has 1 N–H and O–H groups in total.